The van der Waals surface area contributed by atoms with Gasteiger partial charge in [-0.1, -0.05) is 24.3 Å². The highest BCUT2D eigenvalue weighted by Crippen LogP contribution is 2.34. The first-order chi connectivity index (χ1) is 15.4. The average molecular weight is 445 g/mol. The molecule has 2 saturated heterocycles. The van der Waals surface area contributed by atoms with Gasteiger partial charge >= 0.3 is 6.18 Å². The second-order valence-electron chi connectivity index (χ2n) is 8.88. The molecule has 2 aliphatic heterocycles. The summed E-state index contributed by atoms with van der Waals surface area (Å²) in [4.78, 5) is 12.1. The van der Waals surface area contributed by atoms with Crippen molar-refractivity contribution in [2.75, 3.05) is 32.0 Å². The summed E-state index contributed by atoms with van der Waals surface area (Å²) < 4.78 is 42.3. The molecule has 170 valence electrons. The average Bonchev–Trinajstić information content (AvgIpc) is 3.48. The van der Waals surface area contributed by atoms with E-state index in [2.05, 4.69) is 44.1 Å². The lowest BCUT2D eigenvalue weighted by molar-refractivity contribution is -0.140. The number of H-pyrrole nitrogens is 1. The Morgan fingerprint density at radius 3 is 2.47 bits per heavy atom. The Kier molecular flexibility index (Phi) is 5.54. The van der Waals surface area contributed by atoms with Crippen LogP contribution in [0.1, 0.15) is 23.2 Å². The van der Waals surface area contributed by atoms with E-state index in [0.29, 0.717) is 0 Å². The molecule has 3 atom stereocenters. The van der Waals surface area contributed by atoms with Crippen LogP contribution in [0.2, 0.25) is 0 Å². The normalized spacial score (nSPS) is 25.3. The van der Waals surface area contributed by atoms with Crippen LogP contribution in [-0.2, 0) is 23.8 Å². The van der Waals surface area contributed by atoms with Gasteiger partial charge in [-0.25, -0.2) is 9.97 Å². The van der Waals surface area contributed by atoms with E-state index in [0.717, 1.165) is 43.5 Å². The molecular weight excluding hydrogens is 419 g/mol. The van der Waals surface area contributed by atoms with Crippen molar-refractivity contribution in [3.8, 4) is 0 Å². The number of nitrogens with zero attached hydrogens (tertiary/aromatic N) is 3. The van der Waals surface area contributed by atoms with Gasteiger partial charge in [-0.15, -0.1) is 0 Å². The minimum atomic E-state index is -4.42. The molecule has 2 unspecified atom stereocenters. The summed E-state index contributed by atoms with van der Waals surface area (Å²) >= 11 is 0. The number of fused-ring (bicyclic) bond motifs is 3. The number of nitrogen functional groups attached to an aromatic ring is 1. The van der Waals surface area contributed by atoms with Gasteiger partial charge in [0.05, 0.1) is 18.6 Å². The highest BCUT2D eigenvalue weighted by atomic mass is 19.4. The van der Waals surface area contributed by atoms with E-state index in [1.807, 2.05) is 0 Å². The summed E-state index contributed by atoms with van der Waals surface area (Å²) in [6.45, 7) is 4.56. The number of aromatic nitrogens is 3. The lowest BCUT2D eigenvalue weighted by atomic mass is 9.87. The van der Waals surface area contributed by atoms with E-state index in [1.165, 1.54) is 32.4 Å². The summed E-state index contributed by atoms with van der Waals surface area (Å²) in [6, 6.07) is 10.7. The van der Waals surface area contributed by atoms with E-state index < -0.39 is 11.9 Å². The molecule has 32 heavy (non-hydrogen) atoms. The number of halogens is 3. The lowest BCUT2D eigenvalue weighted by Gasteiger charge is -2.32. The number of alkyl halides is 3. The Hall–Kier alpha value is -2.65. The molecule has 6 nitrogen and oxygen atoms in total. The number of rotatable bonds is 1. The summed E-state index contributed by atoms with van der Waals surface area (Å²) in [7, 11) is 0. The maximum absolute atomic E-state index is 12.2. The quantitative estimate of drug-likeness (QED) is 0.597. The van der Waals surface area contributed by atoms with Gasteiger partial charge in [0.1, 0.15) is 23.5 Å². The summed E-state index contributed by atoms with van der Waals surface area (Å²) in [5.74, 6) is 1.67. The van der Waals surface area contributed by atoms with Crippen molar-refractivity contribution in [1.82, 2.24) is 19.9 Å². The number of likely N-dealkylation sites (tertiary alicyclic amines) is 1. The summed E-state index contributed by atoms with van der Waals surface area (Å²) in [5.41, 5.74) is 7.75. The number of hydrogen-bond acceptors (Lipinski definition) is 5. The zero-order chi connectivity index (χ0) is 22.3. The van der Waals surface area contributed by atoms with Crippen LogP contribution in [-0.4, -0.2) is 52.2 Å². The van der Waals surface area contributed by atoms with Crippen molar-refractivity contribution in [3.63, 3.8) is 0 Å². The molecule has 3 N–H and O–H groups in total. The Labute approximate surface area is 184 Å². The van der Waals surface area contributed by atoms with Gasteiger partial charge in [0.15, 0.2) is 0 Å². The van der Waals surface area contributed by atoms with Crippen LogP contribution in [0.3, 0.4) is 0 Å². The number of benzene rings is 1. The zero-order valence-electron chi connectivity index (χ0n) is 17.6. The van der Waals surface area contributed by atoms with Gasteiger partial charge in [-0.05, 0) is 36.5 Å². The van der Waals surface area contributed by atoms with Gasteiger partial charge < -0.3 is 15.5 Å². The van der Waals surface area contributed by atoms with Gasteiger partial charge in [-0.2, -0.15) is 13.2 Å². The van der Waals surface area contributed by atoms with Crippen LogP contribution in [0, 0.1) is 11.8 Å². The molecule has 3 aliphatic rings. The molecule has 0 bridgehead atoms. The Bertz CT molecular complexity index is 1090. The third-order valence-electron chi connectivity index (χ3n) is 6.87. The number of hydrogen-bond donors (Lipinski definition) is 2. The second-order valence-corrected chi connectivity index (χ2v) is 8.88. The topological polar surface area (TPSA) is 80.1 Å². The van der Waals surface area contributed by atoms with E-state index in [9.17, 15) is 13.2 Å². The monoisotopic (exact) mass is 445 g/mol. The van der Waals surface area contributed by atoms with Crippen LogP contribution in [0.15, 0.2) is 36.7 Å². The van der Waals surface area contributed by atoms with Gasteiger partial charge in [0.2, 0.25) is 0 Å². The molecule has 3 aromatic rings. The highest BCUT2D eigenvalue weighted by molar-refractivity contribution is 5.86. The number of aryl methyl sites for hydroxylation is 1. The molecule has 0 radical (unpaired) electrons. The number of anilines is 1. The molecular formula is C23H26F3N5O. The minimum Gasteiger partial charge on any atom is -0.383 e. The first-order valence-corrected chi connectivity index (χ1v) is 10.9. The zero-order valence-corrected chi connectivity index (χ0v) is 17.6. The summed E-state index contributed by atoms with van der Waals surface area (Å²) in [5, 5.41) is 0.180. The first kappa shape index (κ1) is 21.2. The smallest absolute Gasteiger partial charge is 0.383 e. The highest BCUT2D eigenvalue weighted by Gasteiger charge is 2.40. The summed E-state index contributed by atoms with van der Waals surface area (Å²) in [6.07, 6.45) is 0.554. The standard InChI is InChI=1S/C16H21NO.C7H5F3N4/c1-2-4-13-7-16(6-5-12(13)3-1)17-8-14-10-18-11-15(14)9-17;8-7(9,10)4-1-3-5(11)12-2-13-6(3)14-4/h1-4,14-16H,5-11H2;1-2H,(H3,11,12,13,14)/t14-,15?,16?;/m0./s1. The van der Waals surface area contributed by atoms with Crippen molar-refractivity contribution in [3.05, 3.63) is 53.5 Å². The van der Waals surface area contributed by atoms with E-state index in [1.54, 1.807) is 11.1 Å². The third-order valence-corrected chi connectivity index (χ3v) is 6.87. The fourth-order valence-electron chi connectivity index (χ4n) is 5.12. The largest absolute Gasteiger partial charge is 0.431 e. The van der Waals surface area contributed by atoms with Crippen LogP contribution in [0.25, 0.3) is 11.0 Å². The molecule has 0 amide bonds. The Morgan fingerprint density at radius 2 is 1.78 bits per heavy atom. The van der Waals surface area contributed by atoms with Crippen molar-refractivity contribution < 1.29 is 17.9 Å². The third kappa shape index (κ3) is 4.19. The van der Waals surface area contributed by atoms with Gasteiger partial charge in [-0.3, -0.25) is 4.90 Å². The Morgan fingerprint density at radius 1 is 1.06 bits per heavy atom. The van der Waals surface area contributed by atoms with Crippen LogP contribution >= 0.6 is 0 Å². The fourth-order valence-corrected chi connectivity index (χ4v) is 5.12. The molecule has 0 spiro atoms. The first-order valence-electron chi connectivity index (χ1n) is 10.9. The fraction of sp³-hybridized carbons (Fsp3) is 0.478. The van der Waals surface area contributed by atoms with Crippen LogP contribution < -0.4 is 5.73 Å². The van der Waals surface area contributed by atoms with E-state index in [-0.39, 0.29) is 16.9 Å². The van der Waals surface area contributed by atoms with Crippen molar-refractivity contribution in [1.29, 1.82) is 0 Å². The predicted octanol–water partition coefficient (Wildman–Crippen LogP) is 3.68. The SMILES string of the molecule is Nc1ncnc2[nH]c(C(F)(F)F)cc12.c1ccc2c(c1)CCC(N1CC3COC[C@@H]3C1)C2. The maximum atomic E-state index is 12.2. The van der Waals surface area contributed by atoms with Gasteiger partial charge in [0.25, 0.3) is 0 Å². The predicted molar refractivity (Wildman–Crippen MR) is 115 cm³/mol. The molecule has 6 rings (SSSR count). The second kappa shape index (κ2) is 8.37. The molecule has 4 heterocycles. The molecule has 9 heteroatoms. The number of nitrogens with two attached hydrogens (primary N) is 1. The van der Waals surface area contributed by atoms with Crippen molar-refractivity contribution >= 4 is 16.9 Å². The minimum absolute atomic E-state index is 0.0294. The van der Waals surface area contributed by atoms with Crippen LogP contribution in [0.4, 0.5) is 19.0 Å². The molecule has 0 saturated carbocycles. The number of aromatic amines is 1. The van der Waals surface area contributed by atoms with Crippen LogP contribution in [0.5, 0.6) is 0 Å². The molecule has 2 fully saturated rings. The van der Waals surface area contributed by atoms with E-state index >= 15 is 0 Å². The number of nitrogens with one attached hydrogen (secondary N) is 1. The lowest BCUT2D eigenvalue weighted by Crippen LogP contribution is -2.38. The molecule has 1 aliphatic carbocycles. The van der Waals surface area contributed by atoms with E-state index in [4.69, 9.17) is 10.5 Å². The molecule has 1 aromatic carbocycles. The number of ether oxygens (including phenoxy) is 1. The molecule has 2 aromatic heterocycles. The van der Waals surface area contributed by atoms with Crippen molar-refractivity contribution in [2.24, 2.45) is 11.8 Å². The maximum Gasteiger partial charge on any atom is 0.431 e. The van der Waals surface area contributed by atoms with Crippen molar-refractivity contribution in [2.45, 2.75) is 31.5 Å². The van der Waals surface area contributed by atoms with Gasteiger partial charge in [0, 0.05) is 31.0 Å². The Balaban J connectivity index is 0.000000140.